The van der Waals surface area contributed by atoms with Gasteiger partial charge in [-0.2, -0.15) is 0 Å². The van der Waals surface area contributed by atoms with E-state index in [4.69, 9.17) is 0 Å². The second kappa shape index (κ2) is 9.19. The predicted octanol–water partition coefficient (Wildman–Crippen LogP) is 2.92. The molecule has 0 aliphatic carbocycles. The Morgan fingerprint density at radius 1 is 1.05 bits per heavy atom. The molecule has 120 valence electrons. The highest BCUT2D eigenvalue weighted by Crippen LogP contribution is 2.21. The molecule has 0 spiro atoms. The van der Waals surface area contributed by atoms with Crippen molar-refractivity contribution in [1.29, 1.82) is 0 Å². The van der Waals surface area contributed by atoms with Crippen molar-refractivity contribution < 1.29 is 0 Å². The van der Waals surface area contributed by atoms with Crippen LogP contribution in [0.15, 0.2) is 24.3 Å². The third kappa shape index (κ3) is 5.77. The SMILES string of the molecule is CCCN(CCN(C)C)C(C)C(NC)c1ccc(C)cc1. The van der Waals surface area contributed by atoms with Crippen LogP contribution in [0.3, 0.4) is 0 Å². The topological polar surface area (TPSA) is 18.5 Å². The average Bonchev–Trinajstić information content (AvgIpc) is 2.45. The molecule has 0 bridgehead atoms. The second-order valence-corrected chi connectivity index (χ2v) is 6.26. The second-order valence-electron chi connectivity index (χ2n) is 6.26. The lowest BCUT2D eigenvalue weighted by Crippen LogP contribution is -2.45. The molecule has 1 rings (SSSR count). The van der Waals surface area contributed by atoms with Crippen molar-refractivity contribution in [2.75, 3.05) is 40.8 Å². The minimum atomic E-state index is 0.374. The van der Waals surface area contributed by atoms with E-state index >= 15 is 0 Å². The zero-order valence-electron chi connectivity index (χ0n) is 14.7. The number of rotatable bonds is 9. The first-order valence-corrected chi connectivity index (χ1v) is 8.12. The number of hydrogen-bond donors (Lipinski definition) is 1. The van der Waals surface area contributed by atoms with Crippen molar-refractivity contribution in [3.8, 4) is 0 Å². The number of likely N-dealkylation sites (N-methyl/N-ethyl adjacent to an activating group) is 2. The summed E-state index contributed by atoms with van der Waals surface area (Å²) in [5.74, 6) is 0. The maximum atomic E-state index is 3.51. The normalized spacial score (nSPS) is 14.7. The molecular formula is C18H33N3. The van der Waals surface area contributed by atoms with Gasteiger partial charge in [-0.15, -0.1) is 0 Å². The van der Waals surface area contributed by atoms with Gasteiger partial charge in [0.25, 0.3) is 0 Å². The largest absolute Gasteiger partial charge is 0.312 e. The molecule has 0 heterocycles. The van der Waals surface area contributed by atoms with Crippen LogP contribution in [-0.4, -0.2) is 56.6 Å². The Hall–Kier alpha value is -0.900. The fourth-order valence-electron chi connectivity index (χ4n) is 2.81. The van der Waals surface area contributed by atoms with E-state index in [1.165, 1.54) is 17.5 Å². The maximum absolute atomic E-state index is 3.51. The third-order valence-electron chi connectivity index (χ3n) is 4.15. The summed E-state index contributed by atoms with van der Waals surface area (Å²) in [4.78, 5) is 4.86. The summed E-state index contributed by atoms with van der Waals surface area (Å²) >= 11 is 0. The van der Waals surface area contributed by atoms with Gasteiger partial charge in [-0.3, -0.25) is 4.90 Å². The number of hydrogen-bond acceptors (Lipinski definition) is 3. The van der Waals surface area contributed by atoms with Crippen LogP contribution in [0.25, 0.3) is 0 Å². The molecule has 2 atom stereocenters. The van der Waals surface area contributed by atoms with Crippen molar-refractivity contribution in [3.05, 3.63) is 35.4 Å². The minimum absolute atomic E-state index is 0.374. The number of nitrogens with one attached hydrogen (secondary N) is 1. The van der Waals surface area contributed by atoms with Crippen LogP contribution in [0.4, 0.5) is 0 Å². The van der Waals surface area contributed by atoms with E-state index in [2.05, 4.69) is 81.3 Å². The van der Waals surface area contributed by atoms with Crippen molar-refractivity contribution >= 4 is 0 Å². The van der Waals surface area contributed by atoms with Crippen molar-refractivity contribution in [2.24, 2.45) is 0 Å². The zero-order chi connectivity index (χ0) is 15.8. The molecule has 1 aromatic rings. The Morgan fingerprint density at radius 3 is 2.14 bits per heavy atom. The Kier molecular flexibility index (Phi) is 7.94. The Morgan fingerprint density at radius 2 is 1.67 bits per heavy atom. The van der Waals surface area contributed by atoms with Crippen molar-refractivity contribution in [3.63, 3.8) is 0 Å². The molecule has 0 fully saturated rings. The lowest BCUT2D eigenvalue weighted by Gasteiger charge is -2.35. The van der Waals surface area contributed by atoms with E-state index in [-0.39, 0.29) is 0 Å². The molecular weight excluding hydrogens is 258 g/mol. The average molecular weight is 291 g/mol. The first-order chi connectivity index (χ1) is 9.99. The summed E-state index contributed by atoms with van der Waals surface area (Å²) in [5.41, 5.74) is 2.70. The van der Waals surface area contributed by atoms with Gasteiger partial charge in [-0.05, 0) is 53.5 Å². The Balaban J connectivity index is 2.81. The van der Waals surface area contributed by atoms with Gasteiger partial charge in [0.1, 0.15) is 0 Å². The van der Waals surface area contributed by atoms with Gasteiger partial charge in [0, 0.05) is 25.2 Å². The molecule has 3 heteroatoms. The summed E-state index contributed by atoms with van der Waals surface area (Å²) in [5, 5.41) is 3.51. The highest BCUT2D eigenvalue weighted by molar-refractivity contribution is 5.25. The maximum Gasteiger partial charge on any atom is 0.0473 e. The standard InChI is InChI=1S/C18H33N3/c1-7-12-21(14-13-20(5)6)16(3)18(19-4)17-10-8-15(2)9-11-17/h8-11,16,18-19H,7,12-14H2,1-6H3. The van der Waals surface area contributed by atoms with Gasteiger partial charge < -0.3 is 10.2 Å². The first kappa shape index (κ1) is 18.1. The molecule has 0 aliphatic heterocycles. The van der Waals surface area contributed by atoms with Crippen LogP contribution in [0.5, 0.6) is 0 Å². The molecule has 1 N–H and O–H groups in total. The van der Waals surface area contributed by atoms with Crippen LogP contribution in [0.1, 0.15) is 37.4 Å². The molecule has 0 amide bonds. The predicted molar refractivity (Wildman–Crippen MR) is 92.9 cm³/mol. The van der Waals surface area contributed by atoms with E-state index in [1.807, 2.05) is 0 Å². The summed E-state index contributed by atoms with van der Waals surface area (Å²) in [6.45, 7) is 10.1. The molecule has 3 nitrogen and oxygen atoms in total. The number of benzene rings is 1. The molecule has 1 aromatic carbocycles. The summed E-state index contributed by atoms with van der Waals surface area (Å²) in [7, 11) is 6.35. The summed E-state index contributed by atoms with van der Waals surface area (Å²) < 4.78 is 0. The van der Waals surface area contributed by atoms with E-state index < -0.39 is 0 Å². The van der Waals surface area contributed by atoms with Crippen LogP contribution < -0.4 is 5.32 Å². The monoisotopic (exact) mass is 291 g/mol. The van der Waals surface area contributed by atoms with Crippen LogP contribution in [0.2, 0.25) is 0 Å². The minimum Gasteiger partial charge on any atom is -0.312 e. The van der Waals surface area contributed by atoms with Gasteiger partial charge in [0.05, 0.1) is 0 Å². The molecule has 0 aromatic heterocycles. The lowest BCUT2D eigenvalue weighted by atomic mass is 9.98. The van der Waals surface area contributed by atoms with Crippen LogP contribution in [-0.2, 0) is 0 Å². The molecule has 21 heavy (non-hydrogen) atoms. The highest BCUT2D eigenvalue weighted by Gasteiger charge is 2.23. The van der Waals surface area contributed by atoms with Crippen LogP contribution in [0, 0.1) is 6.92 Å². The molecule has 0 saturated heterocycles. The first-order valence-electron chi connectivity index (χ1n) is 8.12. The molecule has 0 radical (unpaired) electrons. The fraction of sp³-hybridized carbons (Fsp3) is 0.667. The van der Waals surface area contributed by atoms with Crippen LogP contribution >= 0.6 is 0 Å². The van der Waals surface area contributed by atoms with Gasteiger partial charge in [0.2, 0.25) is 0 Å². The van der Waals surface area contributed by atoms with Gasteiger partial charge in [-0.1, -0.05) is 36.8 Å². The van der Waals surface area contributed by atoms with E-state index in [1.54, 1.807) is 0 Å². The molecule has 0 saturated carbocycles. The van der Waals surface area contributed by atoms with Crippen molar-refractivity contribution in [1.82, 2.24) is 15.1 Å². The highest BCUT2D eigenvalue weighted by atomic mass is 15.2. The quantitative estimate of drug-likeness (QED) is 0.755. The van der Waals surface area contributed by atoms with Gasteiger partial charge in [0.15, 0.2) is 0 Å². The van der Waals surface area contributed by atoms with Gasteiger partial charge in [-0.25, -0.2) is 0 Å². The van der Waals surface area contributed by atoms with E-state index in [9.17, 15) is 0 Å². The number of aryl methyl sites for hydroxylation is 1. The zero-order valence-corrected chi connectivity index (χ0v) is 14.7. The fourth-order valence-corrected chi connectivity index (χ4v) is 2.81. The Bertz CT molecular complexity index is 386. The van der Waals surface area contributed by atoms with Gasteiger partial charge >= 0.3 is 0 Å². The lowest BCUT2D eigenvalue weighted by molar-refractivity contribution is 0.158. The van der Waals surface area contributed by atoms with Crippen molar-refractivity contribution in [2.45, 2.75) is 39.3 Å². The van der Waals surface area contributed by atoms with E-state index in [0.717, 1.165) is 19.6 Å². The Labute approximate surface area is 131 Å². The smallest absolute Gasteiger partial charge is 0.0473 e. The molecule has 2 unspecified atom stereocenters. The third-order valence-corrected chi connectivity index (χ3v) is 4.15. The molecule has 0 aliphatic rings. The van der Waals surface area contributed by atoms with E-state index in [0.29, 0.717) is 12.1 Å². The summed E-state index contributed by atoms with van der Waals surface area (Å²) in [6.07, 6.45) is 1.20. The summed E-state index contributed by atoms with van der Waals surface area (Å²) in [6, 6.07) is 9.77. The number of nitrogens with zero attached hydrogens (tertiary/aromatic N) is 2.